The highest BCUT2D eigenvalue weighted by atomic mass is 16.5. The standard InChI is InChI=1S/C22H25N3O2/c1-15(2)22(26)25-13-12-24(14-16(25)3)21-17-8-4-6-10-19(17)27-20-11-7-5-9-18(20)23-21/h4-11,15-16H,12-14H2,1-3H3. The van der Waals surface area contributed by atoms with E-state index >= 15 is 0 Å². The Morgan fingerprint density at radius 2 is 1.78 bits per heavy atom. The van der Waals surface area contributed by atoms with Crippen molar-refractivity contribution >= 4 is 17.4 Å². The molecule has 2 aliphatic rings. The van der Waals surface area contributed by atoms with Crippen LogP contribution in [-0.2, 0) is 4.79 Å². The van der Waals surface area contributed by atoms with Crippen LogP contribution in [0, 0.1) is 5.92 Å². The summed E-state index contributed by atoms with van der Waals surface area (Å²) in [5.41, 5.74) is 1.82. The smallest absolute Gasteiger partial charge is 0.225 e. The molecule has 1 fully saturated rings. The van der Waals surface area contributed by atoms with Crippen LogP contribution in [0.2, 0.25) is 0 Å². The quantitative estimate of drug-likeness (QED) is 0.767. The maximum atomic E-state index is 12.5. The number of amides is 1. The summed E-state index contributed by atoms with van der Waals surface area (Å²) in [6, 6.07) is 16.0. The first-order valence-electron chi connectivity index (χ1n) is 9.55. The number of carbonyl (C=O) groups excluding carboxylic acids is 1. The van der Waals surface area contributed by atoms with E-state index in [9.17, 15) is 4.79 Å². The van der Waals surface area contributed by atoms with Crippen molar-refractivity contribution in [3.8, 4) is 11.5 Å². The first-order valence-corrected chi connectivity index (χ1v) is 9.55. The van der Waals surface area contributed by atoms with Crippen molar-refractivity contribution in [1.29, 1.82) is 0 Å². The molecular weight excluding hydrogens is 338 g/mol. The van der Waals surface area contributed by atoms with Crippen LogP contribution in [0.3, 0.4) is 0 Å². The van der Waals surface area contributed by atoms with Gasteiger partial charge in [0.2, 0.25) is 5.91 Å². The van der Waals surface area contributed by atoms with Crippen LogP contribution < -0.4 is 4.74 Å². The molecule has 0 spiro atoms. The summed E-state index contributed by atoms with van der Waals surface area (Å²) < 4.78 is 6.14. The lowest BCUT2D eigenvalue weighted by molar-refractivity contribution is -0.138. The Hall–Kier alpha value is -2.82. The van der Waals surface area contributed by atoms with Crippen molar-refractivity contribution in [2.45, 2.75) is 26.8 Å². The number of nitrogens with zero attached hydrogens (tertiary/aromatic N) is 3. The Balaban J connectivity index is 1.69. The number of fused-ring (bicyclic) bond motifs is 2. The maximum Gasteiger partial charge on any atom is 0.225 e. The monoisotopic (exact) mass is 363 g/mol. The van der Waals surface area contributed by atoms with Gasteiger partial charge in [0.1, 0.15) is 17.3 Å². The summed E-state index contributed by atoms with van der Waals surface area (Å²) in [7, 11) is 0. The van der Waals surface area contributed by atoms with E-state index in [2.05, 4.69) is 17.9 Å². The van der Waals surface area contributed by atoms with Crippen molar-refractivity contribution in [1.82, 2.24) is 9.80 Å². The van der Waals surface area contributed by atoms with Gasteiger partial charge in [-0.2, -0.15) is 0 Å². The van der Waals surface area contributed by atoms with E-state index in [1.807, 2.05) is 61.2 Å². The third-order valence-corrected chi connectivity index (χ3v) is 5.14. The zero-order valence-corrected chi connectivity index (χ0v) is 16.1. The molecule has 2 aromatic carbocycles. The van der Waals surface area contributed by atoms with Gasteiger partial charge < -0.3 is 14.5 Å². The van der Waals surface area contributed by atoms with Gasteiger partial charge in [-0.3, -0.25) is 4.79 Å². The topological polar surface area (TPSA) is 45.1 Å². The normalized spacial score (nSPS) is 19.0. The van der Waals surface area contributed by atoms with E-state index in [4.69, 9.17) is 9.73 Å². The van der Waals surface area contributed by atoms with Crippen molar-refractivity contribution in [3.05, 3.63) is 54.1 Å². The van der Waals surface area contributed by atoms with Crippen LogP contribution in [0.25, 0.3) is 0 Å². The first kappa shape index (κ1) is 17.6. The third-order valence-electron chi connectivity index (χ3n) is 5.14. The zero-order chi connectivity index (χ0) is 19.0. The average molecular weight is 363 g/mol. The SMILES string of the molecule is CC(C)C(=O)N1CCN(C2=Nc3ccccc3Oc3ccccc32)CC1C. The van der Waals surface area contributed by atoms with Crippen LogP contribution in [0.4, 0.5) is 5.69 Å². The molecule has 0 bridgehead atoms. The van der Waals surface area contributed by atoms with Gasteiger partial charge in [-0.15, -0.1) is 0 Å². The average Bonchev–Trinajstić information content (AvgIpc) is 2.84. The molecule has 27 heavy (non-hydrogen) atoms. The van der Waals surface area contributed by atoms with Gasteiger partial charge >= 0.3 is 0 Å². The lowest BCUT2D eigenvalue weighted by Gasteiger charge is -2.42. The van der Waals surface area contributed by atoms with E-state index in [0.717, 1.165) is 41.7 Å². The molecule has 5 nitrogen and oxygen atoms in total. The second kappa shape index (κ2) is 7.06. The predicted molar refractivity (Wildman–Crippen MR) is 107 cm³/mol. The highest BCUT2D eigenvalue weighted by molar-refractivity contribution is 6.03. The number of piperazine rings is 1. The second-order valence-corrected chi connectivity index (χ2v) is 7.48. The summed E-state index contributed by atoms with van der Waals surface area (Å²) in [5, 5.41) is 0. The van der Waals surface area contributed by atoms with Crippen molar-refractivity contribution in [2.24, 2.45) is 10.9 Å². The summed E-state index contributed by atoms with van der Waals surface area (Å²) in [4.78, 5) is 21.7. The lowest BCUT2D eigenvalue weighted by atomic mass is 10.1. The van der Waals surface area contributed by atoms with Gasteiger partial charge in [0.15, 0.2) is 5.75 Å². The number of carbonyl (C=O) groups is 1. The Kier molecular flexibility index (Phi) is 4.60. The molecule has 1 amide bonds. The minimum atomic E-state index is 0.0234. The molecule has 4 rings (SSSR count). The van der Waals surface area contributed by atoms with Crippen LogP contribution >= 0.6 is 0 Å². The van der Waals surface area contributed by atoms with Crippen molar-refractivity contribution in [2.75, 3.05) is 19.6 Å². The fraction of sp³-hybridized carbons (Fsp3) is 0.364. The molecule has 2 aromatic rings. The van der Waals surface area contributed by atoms with E-state index in [1.54, 1.807) is 0 Å². The largest absolute Gasteiger partial charge is 0.454 e. The number of hydrogen-bond donors (Lipinski definition) is 0. The third kappa shape index (κ3) is 3.29. The number of amidine groups is 1. The Morgan fingerprint density at radius 1 is 1.07 bits per heavy atom. The van der Waals surface area contributed by atoms with Crippen LogP contribution in [-0.4, -0.2) is 47.2 Å². The van der Waals surface area contributed by atoms with Crippen molar-refractivity contribution in [3.63, 3.8) is 0 Å². The molecule has 0 radical (unpaired) electrons. The van der Waals surface area contributed by atoms with E-state index < -0.39 is 0 Å². The van der Waals surface area contributed by atoms with Crippen LogP contribution in [0.5, 0.6) is 11.5 Å². The van der Waals surface area contributed by atoms with E-state index in [1.165, 1.54) is 0 Å². The maximum absolute atomic E-state index is 12.5. The molecule has 5 heteroatoms. The molecule has 0 aliphatic carbocycles. The number of para-hydroxylation sites is 3. The summed E-state index contributed by atoms with van der Waals surface area (Å²) in [6.07, 6.45) is 0. The minimum Gasteiger partial charge on any atom is -0.454 e. The molecule has 0 N–H and O–H groups in total. The van der Waals surface area contributed by atoms with Gasteiger partial charge in [0.25, 0.3) is 0 Å². The second-order valence-electron chi connectivity index (χ2n) is 7.48. The van der Waals surface area contributed by atoms with Crippen LogP contribution in [0.15, 0.2) is 53.5 Å². The molecule has 2 aliphatic heterocycles. The van der Waals surface area contributed by atoms with Gasteiger partial charge in [-0.05, 0) is 31.2 Å². The number of aliphatic imine (C=N–C) groups is 1. The molecule has 1 atom stereocenters. The first-order chi connectivity index (χ1) is 13.0. The van der Waals surface area contributed by atoms with E-state index in [-0.39, 0.29) is 17.9 Å². The molecule has 1 saturated heterocycles. The Morgan fingerprint density at radius 3 is 2.52 bits per heavy atom. The molecule has 2 heterocycles. The van der Waals surface area contributed by atoms with Gasteiger partial charge in [-0.1, -0.05) is 38.1 Å². The van der Waals surface area contributed by atoms with Crippen LogP contribution in [0.1, 0.15) is 26.3 Å². The predicted octanol–water partition coefficient (Wildman–Crippen LogP) is 4.06. The number of benzene rings is 2. The summed E-state index contributed by atoms with van der Waals surface area (Å²) in [6.45, 7) is 8.26. The highest BCUT2D eigenvalue weighted by Gasteiger charge is 2.32. The Bertz CT molecular complexity index is 891. The van der Waals surface area contributed by atoms with Crippen molar-refractivity contribution < 1.29 is 9.53 Å². The van der Waals surface area contributed by atoms with Gasteiger partial charge in [-0.25, -0.2) is 4.99 Å². The zero-order valence-electron chi connectivity index (χ0n) is 16.1. The highest BCUT2D eigenvalue weighted by Crippen LogP contribution is 2.38. The van der Waals surface area contributed by atoms with E-state index in [0.29, 0.717) is 6.54 Å². The molecule has 0 aromatic heterocycles. The van der Waals surface area contributed by atoms with Gasteiger partial charge in [0, 0.05) is 31.6 Å². The lowest BCUT2D eigenvalue weighted by Crippen LogP contribution is -2.56. The minimum absolute atomic E-state index is 0.0234. The Labute approximate surface area is 160 Å². The summed E-state index contributed by atoms with van der Waals surface area (Å²) >= 11 is 0. The number of hydrogen-bond acceptors (Lipinski definition) is 4. The molecule has 0 saturated carbocycles. The molecule has 140 valence electrons. The molecular formula is C22H25N3O2. The fourth-order valence-electron chi connectivity index (χ4n) is 3.72. The van der Waals surface area contributed by atoms with Gasteiger partial charge in [0.05, 0.1) is 5.56 Å². The number of ether oxygens (including phenoxy) is 1. The summed E-state index contributed by atoms with van der Waals surface area (Å²) in [5.74, 6) is 2.74. The number of rotatable bonds is 1. The molecule has 1 unspecified atom stereocenters. The fourth-order valence-corrected chi connectivity index (χ4v) is 3.72.